The summed E-state index contributed by atoms with van der Waals surface area (Å²) in [6, 6.07) is 4.20. The maximum Gasteiger partial charge on any atom is 0.307 e. The standard InChI is InChI=1S/C11H8BrFN4O3/c12-7-1-2-10(9(13)3-7)15-11(18)6-16-5-8(4-14-16)17(19)20/h1-5H,6H2,(H,15,18). The van der Waals surface area contributed by atoms with Crippen molar-refractivity contribution in [1.82, 2.24) is 9.78 Å². The lowest BCUT2D eigenvalue weighted by Crippen LogP contribution is -2.19. The van der Waals surface area contributed by atoms with Crippen molar-refractivity contribution in [3.63, 3.8) is 0 Å². The lowest BCUT2D eigenvalue weighted by molar-refractivity contribution is -0.385. The number of anilines is 1. The van der Waals surface area contributed by atoms with Crippen LogP contribution < -0.4 is 5.32 Å². The van der Waals surface area contributed by atoms with Gasteiger partial charge in [0.25, 0.3) is 0 Å². The molecule has 2 aromatic rings. The van der Waals surface area contributed by atoms with E-state index in [4.69, 9.17) is 0 Å². The molecule has 0 bridgehead atoms. The minimum absolute atomic E-state index is 0.0276. The number of halogens is 2. The number of carbonyl (C=O) groups is 1. The number of rotatable bonds is 4. The minimum atomic E-state index is -0.615. The number of hydrogen-bond donors (Lipinski definition) is 1. The first kappa shape index (κ1) is 14.1. The van der Waals surface area contributed by atoms with Gasteiger partial charge in [-0.05, 0) is 18.2 Å². The predicted molar refractivity (Wildman–Crippen MR) is 71.6 cm³/mol. The highest BCUT2D eigenvalue weighted by Crippen LogP contribution is 2.19. The first-order valence-corrected chi connectivity index (χ1v) is 6.17. The molecule has 104 valence electrons. The molecular formula is C11H8BrFN4O3. The van der Waals surface area contributed by atoms with Crippen molar-refractivity contribution in [2.75, 3.05) is 5.32 Å². The third-order valence-corrected chi connectivity index (χ3v) is 2.83. The number of amides is 1. The van der Waals surface area contributed by atoms with Crippen LogP contribution in [0.25, 0.3) is 0 Å². The average Bonchev–Trinajstić information content (AvgIpc) is 2.81. The smallest absolute Gasteiger partial charge is 0.307 e. The Morgan fingerprint density at radius 1 is 1.55 bits per heavy atom. The van der Waals surface area contributed by atoms with E-state index in [0.717, 1.165) is 17.1 Å². The van der Waals surface area contributed by atoms with Gasteiger partial charge < -0.3 is 5.32 Å². The molecule has 1 aromatic heterocycles. The van der Waals surface area contributed by atoms with E-state index >= 15 is 0 Å². The van der Waals surface area contributed by atoms with Crippen LogP contribution in [0.2, 0.25) is 0 Å². The van der Waals surface area contributed by atoms with Gasteiger partial charge in [0.15, 0.2) is 0 Å². The molecule has 0 saturated carbocycles. The Bertz CT molecular complexity index is 673. The predicted octanol–water partition coefficient (Wildman–Crippen LogP) is 2.33. The van der Waals surface area contributed by atoms with Gasteiger partial charge in [-0.2, -0.15) is 5.10 Å². The molecule has 1 N–H and O–H groups in total. The maximum atomic E-state index is 13.5. The van der Waals surface area contributed by atoms with E-state index in [2.05, 4.69) is 26.3 Å². The van der Waals surface area contributed by atoms with Crippen LogP contribution in [-0.2, 0) is 11.3 Å². The van der Waals surface area contributed by atoms with E-state index in [-0.39, 0.29) is 17.9 Å². The summed E-state index contributed by atoms with van der Waals surface area (Å²) < 4.78 is 15.2. The van der Waals surface area contributed by atoms with E-state index < -0.39 is 16.6 Å². The summed E-state index contributed by atoms with van der Waals surface area (Å²) in [7, 11) is 0. The number of nitro groups is 1. The number of aromatic nitrogens is 2. The lowest BCUT2D eigenvalue weighted by Gasteiger charge is -2.06. The van der Waals surface area contributed by atoms with Gasteiger partial charge in [0, 0.05) is 4.47 Å². The lowest BCUT2D eigenvalue weighted by atomic mass is 10.3. The zero-order valence-corrected chi connectivity index (χ0v) is 11.5. The molecule has 0 fully saturated rings. The molecule has 2 rings (SSSR count). The minimum Gasteiger partial charge on any atom is -0.322 e. The van der Waals surface area contributed by atoms with Gasteiger partial charge in [-0.15, -0.1) is 0 Å². The topological polar surface area (TPSA) is 90.1 Å². The average molecular weight is 343 g/mol. The van der Waals surface area contributed by atoms with Gasteiger partial charge in [0.05, 0.1) is 10.6 Å². The van der Waals surface area contributed by atoms with E-state index in [0.29, 0.717) is 4.47 Å². The molecule has 1 amide bonds. The van der Waals surface area contributed by atoms with Crippen LogP contribution in [0.1, 0.15) is 0 Å². The second-order valence-corrected chi connectivity index (χ2v) is 4.74. The summed E-state index contributed by atoms with van der Waals surface area (Å²) >= 11 is 3.10. The number of nitrogens with one attached hydrogen (secondary N) is 1. The normalized spacial score (nSPS) is 10.3. The monoisotopic (exact) mass is 342 g/mol. The second-order valence-electron chi connectivity index (χ2n) is 3.83. The van der Waals surface area contributed by atoms with E-state index in [1.807, 2.05) is 0 Å². The van der Waals surface area contributed by atoms with Crippen LogP contribution in [0.5, 0.6) is 0 Å². The number of hydrogen-bond acceptors (Lipinski definition) is 4. The van der Waals surface area contributed by atoms with Crippen LogP contribution in [0.3, 0.4) is 0 Å². The van der Waals surface area contributed by atoms with Crippen molar-refractivity contribution in [2.45, 2.75) is 6.54 Å². The van der Waals surface area contributed by atoms with Gasteiger partial charge in [0.2, 0.25) is 5.91 Å². The summed E-state index contributed by atoms with van der Waals surface area (Å²) in [4.78, 5) is 21.5. The molecule has 0 radical (unpaired) electrons. The summed E-state index contributed by atoms with van der Waals surface area (Å²) in [6.07, 6.45) is 2.16. The van der Waals surface area contributed by atoms with E-state index in [9.17, 15) is 19.3 Å². The number of nitrogens with zero attached hydrogens (tertiary/aromatic N) is 3. The van der Waals surface area contributed by atoms with Crippen molar-refractivity contribution < 1.29 is 14.1 Å². The molecule has 0 saturated heterocycles. The summed E-state index contributed by atoms with van der Waals surface area (Å²) in [5, 5.41) is 16.5. The molecule has 0 atom stereocenters. The summed E-state index contributed by atoms with van der Waals surface area (Å²) in [6.45, 7) is -0.247. The third kappa shape index (κ3) is 3.38. The highest BCUT2D eigenvalue weighted by molar-refractivity contribution is 9.10. The van der Waals surface area contributed by atoms with Crippen LogP contribution in [0.15, 0.2) is 35.1 Å². The van der Waals surface area contributed by atoms with Crippen molar-refractivity contribution in [2.24, 2.45) is 0 Å². The van der Waals surface area contributed by atoms with Gasteiger partial charge in [-0.1, -0.05) is 15.9 Å². The molecule has 0 unspecified atom stereocenters. The Labute approximate surface area is 120 Å². The van der Waals surface area contributed by atoms with Gasteiger partial charge in [0.1, 0.15) is 24.8 Å². The summed E-state index contributed by atoms with van der Waals surface area (Å²) in [5.41, 5.74) is -0.188. The zero-order valence-electron chi connectivity index (χ0n) is 9.92. The van der Waals surface area contributed by atoms with Crippen LogP contribution in [0, 0.1) is 15.9 Å². The van der Waals surface area contributed by atoms with Crippen molar-refractivity contribution in [3.05, 3.63) is 51.0 Å². The van der Waals surface area contributed by atoms with E-state index in [1.165, 1.54) is 12.1 Å². The second kappa shape index (κ2) is 5.78. The van der Waals surface area contributed by atoms with E-state index in [1.54, 1.807) is 6.07 Å². The Morgan fingerprint density at radius 2 is 2.30 bits per heavy atom. The number of carbonyl (C=O) groups excluding carboxylic acids is 1. The summed E-state index contributed by atoms with van der Waals surface area (Å²) in [5.74, 6) is -1.12. The molecule has 0 aliphatic heterocycles. The van der Waals surface area contributed by atoms with Crippen molar-refractivity contribution in [3.8, 4) is 0 Å². The van der Waals surface area contributed by atoms with Crippen LogP contribution in [0.4, 0.5) is 15.8 Å². The van der Waals surface area contributed by atoms with Gasteiger partial charge >= 0.3 is 5.69 Å². The van der Waals surface area contributed by atoms with Gasteiger partial charge in [-0.25, -0.2) is 4.39 Å². The molecular weight excluding hydrogens is 335 g/mol. The SMILES string of the molecule is O=C(Cn1cc([N+](=O)[O-])cn1)Nc1ccc(Br)cc1F. The maximum absolute atomic E-state index is 13.5. The van der Waals surface area contributed by atoms with Gasteiger partial charge in [-0.3, -0.25) is 19.6 Å². The molecule has 1 aromatic carbocycles. The Hall–Kier alpha value is -2.29. The van der Waals surface area contributed by atoms with Crippen molar-refractivity contribution in [1.29, 1.82) is 0 Å². The Morgan fingerprint density at radius 3 is 2.90 bits per heavy atom. The van der Waals surface area contributed by atoms with Crippen LogP contribution >= 0.6 is 15.9 Å². The molecule has 0 aliphatic carbocycles. The molecule has 9 heteroatoms. The highest BCUT2D eigenvalue weighted by atomic mass is 79.9. The molecule has 7 nitrogen and oxygen atoms in total. The Kier molecular flexibility index (Phi) is 4.08. The fraction of sp³-hybridized carbons (Fsp3) is 0.0909. The fourth-order valence-electron chi connectivity index (χ4n) is 1.46. The first-order valence-electron chi connectivity index (χ1n) is 5.37. The highest BCUT2D eigenvalue weighted by Gasteiger charge is 2.12. The first-order chi connectivity index (χ1) is 9.45. The quantitative estimate of drug-likeness (QED) is 0.681. The Balaban J connectivity index is 2.03. The molecule has 20 heavy (non-hydrogen) atoms. The zero-order chi connectivity index (χ0) is 14.7. The number of benzene rings is 1. The molecule has 0 aliphatic rings. The van der Waals surface area contributed by atoms with Crippen LogP contribution in [-0.4, -0.2) is 20.6 Å². The molecule has 1 heterocycles. The molecule has 0 spiro atoms. The largest absolute Gasteiger partial charge is 0.322 e. The van der Waals surface area contributed by atoms with Crippen molar-refractivity contribution >= 4 is 33.2 Å². The fourth-order valence-corrected chi connectivity index (χ4v) is 1.79. The third-order valence-electron chi connectivity index (χ3n) is 2.34.